The molecule has 0 unspecified atom stereocenters. The Balaban J connectivity index is 2.18. The quantitative estimate of drug-likeness (QED) is 0.587. The maximum Gasteiger partial charge on any atom is 0.225 e. The van der Waals surface area contributed by atoms with Gasteiger partial charge in [0.2, 0.25) is 5.91 Å². The molecule has 0 radical (unpaired) electrons. The Hall–Kier alpha value is -0.0500. The van der Waals surface area contributed by atoms with Crippen LogP contribution in [0.2, 0.25) is 0 Å². The van der Waals surface area contributed by atoms with Crippen LogP contribution < -0.4 is 5.32 Å². The number of amides is 1. The van der Waals surface area contributed by atoms with Crippen molar-refractivity contribution in [3.63, 3.8) is 0 Å². The molecule has 16 heavy (non-hydrogen) atoms. The van der Waals surface area contributed by atoms with E-state index >= 15 is 0 Å². The Bertz CT molecular complexity index is 212. The SMILES string of the molecule is CC1(C(=O)NCCCCCBr)CCCCC1. The van der Waals surface area contributed by atoms with Crippen molar-refractivity contribution in [3.05, 3.63) is 0 Å². The predicted octanol–water partition coefficient (Wildman–Crippen LogP) is 3.64. The molecule has 0 bridgehead atoms. The van der Waals surface area contributed by atoms with Gasteiger partial charge in [0, 0.05) is 17.3 Å². The highest BCUT2D eigenvalue weighted by molar-refractivity contribution is 9.09. The fourth-order valence-electron chi connectivity index (χ4n) is 2.37. The molecule has 0 heterocycles. The number of hydrogen-bond donors (Lipinski definition) is 1. The van der Waals surface area contributed by atoms with Gasteiger partial charge in [0.15, 0.2) is 0 Å². The highest BCUT2D eigenvalue weighted by Gasteiger charge is 2.33. The highest BCUT2D eigenvalue weighted by atomic mass is 79.9. The maximum absolute atomic E-state index is 12.0. The average Bonchev–Trinajstić information content (AvgIpc) is 2.29. The van der Waals surface area contributed by atoms with E-state index < -0.39 is 0 Å². The highest BCUT2D eigenvalue weighted by Crippen LogP contribution is 2.35. The Morgan fingerprint density at radius 2 is 1.88 bits per heavy atom. The number of nitrogens with one attached hydrogen (secondary N) is 1. The number of rotatable bonds is 6. The zero-order valence-electron chi connectivity index (χ0n) is 10.4. The Labute approximate surface area is 108 Å². The van der Waals surface area contributed by atoms with Gasteiger partial charge in [-0.05, 0) is 25.7 Å². The van der Waals surface area contributed by atoms with Crippen LogP contribution in [0.5, 0.6) is 0 Å². The van der Waals surface area contributed by atoms with Crippen LogP contribution in [-0.4, -0.2) is 17.8 Å². The van der Waals surface area contributed by atoms with Crippen molar-refractivity contribution in [3.8, 4) is 0 Å². The van der Waals surface area contributed by atoms with E-state index in [2.05, 4.69) is 28.2 Å². The Morgan fingerprint density at radius 3 is 2.50 bits per heavy atom. The summed E-state index contributed by atoms with van der Waals surface area (Å²) in [5.74, 6) is 0.283. The number of halogens is 1. The van der Waals surface area contributed by atoms with E-state index in [0.29, 0.717) is 0 Å². The minimum absolute atomic E-state index is 0.0757. The third-order valence-electron chi connectivity index (χ3n) is 3.60. The summed E-state index contributed by atoms with van der Waals surface area (Å²) in [6.45, 7) is 2.97. The topological polar surface area (TPSA) is 29.1 Å². The summed E-state index contributed by atoms with van der Waals surface area (Å²) in [6, 6.07) is 0. The lowest BCUT2D eigenvalue weighted by Crippen LogP contribution is -2.40. The minimum atomic E-state index is -0.0757. The largest absolute Gasteiger partial charge is 0.356 e. The molecule has 0 saturated heterocycles. The molecule has 0 aromatic rings. The van der Waals surface area contributed by atoms with Crippen molar-refractivity contribution in [2.45, 2.75) is 58.3 Å². The summed E-state index contributed by atoms with van der Waals surface area (Å²) in [7, 11) is 0. The van der Waals surface area contributed by atoms with E-state index in [0.717, 1.165) is 31.1 Å². The van der Waals surface area contributed by atoms with Crippen LogP contribution in [0.4, 0.5) is 0 Å². The molecular formula is C13H24BrNO. The number of unbranched alkanes of at least 4 members (excludes halogenated alkanes) is 2. The summed E-state index contributed by atoms with van der Waals surface area (Å²) in [5.41, 5.74) is -0.0757. The smallest absolute Gasteiger partial charge is 0.225 e. The molecule has 1 saturated carbocycles. The lowest BCUT2D eigenvalue weighted by molar-refractivity contribution is -0.131. The molecule has 3 heteroatoms. The van der Waals surface area contributed by atoms with Crippen molar-refractivity contribution in [1.29, 1.82) is 0 Å². The van der Waals surface area contributed by atoms with E-state index in [1.807, 2.05) is 0 Å². The number of carbonyl (C=O) groups excluding carboxylic acids is 1. The second-order valence-corrected chi connectivity index (χ2v) is 5.92. The molecule has 0 aromatic heterocycles. The predicted molar refractivity (Wildman–Crippen MR) is 71.8 cm³/mol. The summed E-state index contributed by atoms with van der Waals surface area (Å²) < 4.78 is 0. The van der Waals surface area contributed by atoms with Gasteiger partial charge in [-0.25, -0.2) is 0 Å². The monoisotopic (exact) mass is 289 g/mol. The number of hydrogen-bond acceptors (Lipinski definition) is 1. The van der Waals surface area contributed by atoms with Gasteiger partial charge in [-0.2, -0.15) is 0 Å². The van der Waals surface area contributed by atoms with Crippen LogP contribution >= 0.6 is 15.9 Å². The van der Waals surface area contributed by atoms with Crippen LogP contribution in [0.1, 0.15) is 58.3 Å². The summed E-state index contributed by atoms with van der Waals surface area (Å²) >= 11 is 3.41. The van der Waals surface area contributed by atoms with Crippen molar-refractivity contribution in [1.82, 2.24) is 5.32 Å². The summed E-state index contributed by atoms with van der Waals surface area (Å²) in [5, 5.41) is 4.17. The van der Waals surface area contributed by atoms with Crippen LogP contribution in [0.15, 0.2) is 0 Å². The molecular weight excluding hydrogens is 266 g/mol. The first-order valence-corrected chi connectivity index (χ1v) is 7.65. The molecule has 0 aliphatic heterocycles. The first-order valence-electron chi connectivity index (χ1n) is 6.53. The van der Waals surface area contributed by atoms with Gasteiger partial charge in [-0.15, -0.1) is 0 Å². The lowest BCUT2D eigenvalue weighted by Gasteiger charge is -2.32. The molecule has 0 spiro atoms. The fourth-order valence-corrected chi connectivity index (χ4v) is 2.77. The molecule has 94 valence electrons. The molecule has 1 aliphatic rings. The normalized spacial score (nSPS) is 19.4. The maximum atomic E-state index is 12.0. The third kappa shape index (κ3) is 4.44. The van der Waals surface area contributed by atoms with Gasteiger partial charge in [-0.1, -0.05) is 48.5 Å². The van der Waals surface area contributed by atoms with Gasteiger partial charge >= 0.3 is 0 Å². The van der Waals surface area contributed by atoms with E-state index in [-0.39, 0.29) is 11.3 Å². The first kappa shape index (κ1) is 14.0. The van der Waals surface area contributed by atoms with Crippen LogP contribution in [-0.2, 0) is 4.79 Å². The zero-order chi connectivity index (χ0) is 11.9. The molecule has 2 nitrogen and oxygen atoms in total. The van der Waals surface area contributed by atoms with Crippen molar-refractivity contribution in [2.24, 2.45) is 5.41 Å². The molecule has 0 aromatic carbocycles. The van der Waals surface area contributed by atoms with E-state index in [9.17, 15) is 4.79 Å². The Kier molecular flexibility index (Phi) is 6.40. The summed E-state index contributed by atoms with van der Waals surface area (Å²) in [6.07, 6.45) is 9.37. The molecule has 1 aliphatic carbocycles. The van der Waals surface area contributed by atoms with Crippen molar-refractivity contribution >= 4 is 21.8 Å². The van der Waals surface area contributed by atoms with Gasteiger partial charge in [0.05, 0.1) is 0 Å². The molecule has 1 fully saturated rings. The fraction of sp³-hybridized carbons (Fsp3) is 0.923. The van der Waals surface area contributed by atoms with Gasteiger partial charge < -0.3 is 5.32 Å². The zero-order valence-corrected chi connectivity index (χ0v) is 11.9. The van der Waals surface area contributed by atoms with Crippen LogP contribution in [0.25, 0.3) is 0 Å². The van der Waals surface area contributed by atoms with Gasteiger partial charge in [-0.3, -0.25) is 4.79 Å². The van der Waals surface area contributed by atoms with Crippen LogP contribution in [0, 0.1) is 5.41 Å². The second-order valence-electron chi connectivity index (χ2n) is 5.13. The second kappa shape index (κ2) is 7.31. The lowest BCUT2D eigenvalue weighted by atomic mass is 9.75. The molecule has 0 atom stereocenters. The van der Waals surface area contributed by atoms with Gasteiger partial charge in [0.25, 0.3) is 0 Å². The van der Waals surface area contributed by atoms with Crippen LogP contribution in [0.3, 0.4) is 0 Å². The van der Waals surface area contributed by atoms with Crippen molar-refractivity contribution < 1.29 is 4.79 Å². The minimum Gasteiger partial charge on any atom is -0.356 e. The summed E-state index contributed by atoms with van der Waals surface area (Å²) in [4.78, 5) is 12.0. The average molecular weight is 290 g/mol. The number of alkyl halides is 1. The van der Waals surface area contributed by atoms with Gasteiger partial charge in [0.1, 0.15) is 0 Å². The standard InChI is InChI=1S/C13H24BrNO/c1-13(8-4-2-5-9-13)12(16)15-11-7-3-6-10-14/h2-11H2,1H3,(H,15,16). The van der Waals surface area contributed by atoms with Crippen molar-refractivity contribution in [2.75, 3.05) is 11.9 Å². The van der Waals surface area contributed by atoms with E-state index in [1.54, 1.807) is 0 Å². The Morgan fingerprint density at radius 1 is 1.19 bits per heavy atom. The first-order chi connectivity index (χ1) is 7.69. The molecule has 1 amide bonds. The van der Waals surface area contributed by atoms with E-state index in [4.69, 9.17) is 0 Å². The molecule has 1 N–H and O–H groups in total. The number of carbonyl (C=O) groups is 1. The third-order valence-corrected chi connectivity index (χ3v) is 4.16. The molecule has 1 rings (SSSR count). The van der Waals surface area contributed by atoms with E-state index in [1.165, 1.54) is 32.1 Å².